The molecule has 0 unspecified atom stereocenters. The normalized spacial score (nSPS) is 9.67. The second kappa shape index (κ2) is 13.0. The maximum atomic E-state index is 8.55. The summed E-state index contributed by atoms with van der Waals surface area (Å²) in [7, 11) is -5.39. The van der Waals surface area contributed by atoms with Gasteiger partial charge in [-0.15, -0.1) is 0 Å². The van der Waals surface area contributed by atoms with Crippen LogP contribution in [-0.2, 0) is 9.98 Å². The number of benzene rings is 1. The first kappa shape index (κ1) is 28.5. The molecule has 0 saturated carbocycles. The van der Waals surface area contributed by atoms with Crippen molar-refractivity contribution < 1.29 is 108 Å². The molecule has 0 fully saturated rings. The summed E-state index contributed by atoms with van der Waals surface area (Å²) in [5.41, 5.74) is 1.69. The van der Waals surface area contributed by atoms with Crippen molar-refractivity contribution in [2.75, 3.05) is 0 Å². The summed E-state index contributed by atoms with van der Waals surface area (Å²) in [4.78, 5) is 25.6. The van der Waals surface area contributed by atoms with Crippen LogP contribution in [0.5, 0.6) is 0 Å². The molecule has 0 heterocycles. The van der Waals surface area contributed by atoms with Gasteiger partial charge in [-0.3, -0.25) is 0 Å². The molecule has 0 bridgehead atoms. The van der Waals surface area contributed by atoms with Crippen LogP contribution in [0.2, 0.25) is 0 Å². The van der Waals surface area contributed by atoms with E-state index < -0.39 is 7.82 Å². The van der Waals surface area contributed by atoms with Crippen molar-refractivity contribution in [1.82, 2.24) is 0 Å². The van der Waals surface area contributed by atoms with E-state index >= 15 is 0 Å². The summed E-state index contributed by atoms with van der Waals surface area (Å²) >= 11 is 0. The minimum Gasteiger partial charge on any atom is -0.822 e. The topological polar surface area (TPSA) is 86.2 Å². The minimum atomic E-state index is -5.39. The Morgan fingerprint density at radius 1 is 0.889 bits per heavy atom. The molecule has 0 aromatic heterocycles. The fourth-order valence-corrected chi connectivity index (χ4v) is 0.938. The Balaban J connectivity index is -0.000000109. The molecule has 4 nitrogen and oxygen atoms in total. The molecule has 0 aliphatic rings. The van der Waals surface area contributed by atoms with Crippen molar-refractivity contribution in [2.45, 2.75) is 26.2 Å². The van der Waals surface area contributed by atoms with Crippen LogP contribution in [0.4, 0.5) is 0 Å². The molecular weight excluding hydrogens is 284 g/mol. The third kappa shape index (κ3) is 20.6. The molecule has 1 aromatic rings. The monoisotopic (exact) mass is 298 g/mol. The summed E-state index contributed by atoms with van der Waals surface area (Å²) in [5.74, 6) is 0. The third-order valence-electron chi connectivity index (χ3n) is 1.64. The van der Waals surface area contributed by atoms with Gasteiger partial charge in [0.15, 0.2) is 0 Å². The van der Waals surface area contributed by atoms with Gasteiger partial charge in [-0.1, -0.05) is 51.1 Å². The molecule has 1 aromatic carbocycles. The Morgan fingerprint density at radius 2 is 1.17 bits per heavy atom. The Kier molecular flexibility index (Phi) is 20.6. The quantitative estimate of drug-likeness (QED) is 0.352. The molecule has 8 heteroatoms. The van der Waals surface area contributed by atoms with Crippen molar-refractivity contribution >= 4 is 7.82 Å². The zero-order chi connectivity index (χ0) is 12.1. The van der Waals surface area contributed by atoms with Crippen molar-refractivity contribution in [2.24, 2.45) is 0 Å². The maximum Gasteiger partial charge on any atom is 1.00 e. The van der Waals surface area contributed by atoms with Gasteiger partial charge in [0.2, 0.25) is 0 Å². The van der Waals surface area contributed by atoms with Crippen LogP contribution in [0.25, 0.3) is 0 Å². The zero-order valence-electron chi connectivity index (χ0n) is 12.0. The van der Waals surface area contributed by atoms with Crippen LogP contribution in [0.3, 0.4) is 0 Å². The molecule has 0 saturated heterocycles. The Hall–Kier alpha value is 2.33. The zero-order valence-corrected chi connectivity index (χ0v) is 18.9. The average Bonchev–Trinajstić information content (AvgIpc) is 2.01. The summed E-state index contributed by atoms with van der Waals surface area (Å²) in [6.45, 7) is 6.67. The number of phosphoric acid groups is 1. The van der Waals surface area contributed by atoms with Gasteiger partial charge in [-0.2, -0.15) is 7.82 Å². The van der Waals surface area contributed by atoms with Gasteiger partial charge in [0, 0.05) is 0 Å². The molecule has 0 atom stereocenters. The third-order valence-corrected chi connectivity index (χ3v) is 1.64. The van der Waals surface area contributed by atoms with Crippen LogP contribution in [0, 0.1) is 0 Å². The van der Waals surface area contributed by atoms with Gasteiger partial charge in [0.05, 0.1) is 0 Å². The van der Waals surface area contributed by atoms with Gasteiger partial charge in [0.25, 0.3) is 0 Å². The van der Waals surface area contributed by atoms with Gasteiger partial charge in [-0.25, -0.2) is 0 Å². The van der Waals surface area contributed by atoms with E-state index in [1.54, 1.807) is 0 Å². The molecular formula is C10H14Na3O4P. The number of hydrogen-bond acceptors (Lipinski definition) is 4. The van der Waals surface area contributed by atoms with Crippen molar-refractivity contribution in [3.05, 3.63) is 35.9 Å². The standard InChI is InChI=1S/C10H14.3Na.H3O4P/c1-10(2,3)9-7-5-4-6-8-9;;;;1-5(2,3)4/h4-8H,1-3H3;;;;(H3,1,2,3,4)/q;3*+1;/p-3. The first-order chi connectivity index (χ1) is 6.61. The van der Waals surface area contributed by atoms with Crippen LogP contribution < -0.4 is 103 Å². The largest absolute Gasteiger partial charge is 1.00 e. The van der Waals surface area contributed by atoms with E-state index in [0.717, 1.165) is 0 Å². The molecule has 0 aliphatic carbocycles. The first-order valence-electron chi connectivity index (χ1n) is 4.39. The summed E-state index contributed by atoms with van der Waals surface area (Å²) < 4.78 is 8.55. The summed E-state index contributed by atoms with van der Waals surface area (Å²) in [5, 5.41) is 0. The van der Waals surface area contributed by atoms with Crippen LogP contribution >= 0.6 is 7.82 Å². The van der Waals surface area contributed by atoms with Crippen molar-refractivity contribution in [1.29, 1.82) is 0 Å². The van der Waals surface area contributed by atoms with Crippen molar-refractivity contribution in [3.8, 4) is 0 Å². The van der Waals surface area contributed by atoms with Gasteiger partial charge >= 0.3 is 88.7 Å². The SMILES string of the molecule is CC(C)(C)c1ccccc1.O=P([O-])([O-])[O-].[Na+].[Na+].[Na+]. The smallest absolute Gasteiger partial charge is 0.822 e. The molecule has 0 aliphatic heterocycles. The minimum absolute atomic E-state index is 0. The Labute approximate surface area is 175 Å². The molecule has 86 valence electrons. The molecule has 18 heavy (non-hydrogen) atoms. The molecule has 1 rings (SSSR count). The maximum absolute atomic E-state index is 8.55. The van der Waals surface area contributed by atoms with Gasteiger partial charge < -0.3 is 19.2 Å². The van der Waals surface area contributed by atoms with Crippen molar-refractivity contribution in [3.63, 3.8) is 0 Å². The predicted octanol–water partition coefficient (Wildman–Crippen LogP) is -8.83. The van der Waals surface area contributed by atoms with Crippen LogP contribution in [0.15, 0.2) is 30.3 Å². The van der Waals surface area contributed by atoms with E-state index in [2.05, 4.69) is 51.1 Å². The Morgan fingerprint density at radius 3 is 1.33 bits per heavy atom. The van der Waals surface area contributed by atoms with Gasteiger partial charge in [-0.05, 0) is 11.0 Å². The predicted molar refractivity (Wildman–Crippen MR) is 52.7 cm³/mol. The van der Waals surface area contributed by atoms with Crippen LogP contribution in [0.1, 0.15) is 26.3 Å². The molecule has 0 spiro atoms. The second-order valence-electron chi connectivity index (χ2n) is 4.06. The van der Waals surface area contributed by atoms with E-state index in [-0.39, 0.29) is 88.7 Å². The van der Waals surface area contributed by atoms with E-state index in [1.807, 2.05) is 0 Å². The van der Waals surface area contributed by atoms with E-state index in [4.69, 9.17) is 19.2 Å². The number of rotatable bonds is 0. The fraction of sp³-hybridized carbons (Fsp3) is 0.400. The molecule has 0 amide bonds. The van der Waals surface area contributed by atoms with E-state index in [9.17, 15) is 0 Å². The van der Waals surface area contributed by atoms with E-state index in [1.165, 1.54) is 5.56 Å². The summed E-state index contributed by atoms with van der Waals surface area (Å²) in [6, 6.07) is 10.6. The molecule has 0 N–H and O–H groups in total. The molecule has 0 radical (unpaired) electrons. The average molecular weight is 298 g/mol. The number of hydrogen-bond donors (Lipinski definition) is 0. The van der Waals surface area contributed by atoms with E-state index in [0.29, 0.717) is 5.41 Å². The Bertz CT molecular complexity index is 326. The second-order valence-corrected chi connectivity index (χ2v) is 4.96. The summed E-state index contributed by atoms with van der Waals surface area (Å²) in [6.07, 6.45) is 0. The van der Waals surface area contributed by atoms with Gasteiger partial charge in [0.1, 0.15) is 0 Å². The first-order valence-corrected chi connectivity index (χ1v) is 5.85. The van der Waals surface area contributed by atoms with Crippen LogP contribution in [-0.4, -0.2) is 0 Å². The fourth-order valence-electron chi connectivity index (χ4n) is 0.938.